The van der Waals surface area contributed by atoms with Crippen molar-refractivity contribution in [2.75, 3.05) is 20.2 Å². The Kier molecular flexibility index (Phi) is 10.1. The van der Waals surface area contributed by atoms with Gasteiger partial charge < -0.3 is 25.8 Å². The molecule has 14 heteroatoms. The van der Waals surface area contributed by atoms with Crippen LogP contribution < -0.4 is 26.2 Å². The number of hydrogen-bond acceptors (Lipinski definition) is 9. The van der Waals surface area contributed by atoms with Crippen molar-refractivity contribution < 1.29 is 14.6 Å². The molecule has 1 saturated heterocycles. The Morgan fingerprint density at radius 3 is 2.62 bits per heavy atom. The second-order valence-electron chi connectivity index (χ2n) is 11.8. The maximum atomic E-state index is 13.2. The first-order valence-corrected chi connectivity index (χ1v) is 16.3. The van der Waals surface area contributed by atoms with E-state index in [1.807, 2.05) is 30.3 Å². The van der Waals surface area contributed by atoms with Crippen LogP contribution in [0.4, 0.5) is 0 Å². The van der Waals surface area contributed by atoms with Crippen LogP contribution in [0.1, 0.15) is 31.2 Å². The summed E-state index contributed by atoms with van der Waals surface area (Å²) >= 11 is 14.1. The van der Waals surface area contributed by atoms with E-state index in [2.05, 4.69) is 26.0 Å². The Labute approximate surface area is 287 Å². The summed E-state index contributed by atoms with van der Waals surface area (Å²) in [5.41, 5.74) is 4.83. The first-order valence-electron chi connectivity index (χ1n) is 15.6. The number of carbonyl (C=O) groups excluding carboxylic acids is 1. The van der Waals surface area contributed by atoms with Gasteiger partial charge in [0, 0.05) is 79.4 Å². The van der Waals surface area contributed by atoms with Gasteiger partial charge in [-0.15, -0.1) is 0 Å². The lowest BCUT2D eigenvalue weighted by atomic mass is 10.00. The SMILES string of the molecule is COc1nc(-c2cccc(-c3ccnc(-c4cc5c(=O)n(C)c(CNC[C@@H](C)O)nn5c4)c3Cl)c2Cl)ccc1CNC[C@H]1CCC(=O)N1. The number of methoxy groups -OCH3 is 1. The molecular formula is C34H36Cl2N8O4. The lowest BCUT2D eigenvalue weighted by molar-refractivity contribution is -0.119. The fourth-order valence-corrected chi connectivity index (χ4v) is 6.43. The Morgan fingerprint density at radius 2 is 1.88 bits per heavy atom. The number of nitrogens with one attached hydrogen (secondary N) is 3. The van der Waals surface area contributed by atoms with Gasteiger partial charge in [-0.1, -0.05) is 47.5 Å². The van der Waals surface area contributed by atoms with Gasteiger partial charge >= 0.3 is 0 Å². The molecule has 4 N–H and O–H groups in total. The Balaban J connectivity index is 1.28. The molecule has 1 amide bonds. The van der Waals surface area contributed by atoms with Crippen molar-refractivity contribution in [1.29, 1.82) is 0 Å². The van der Waals surface area contributed by atoms with Crippen molar-refractivity contribution >= 4 is 34.6 Å². The molecule has 250 valence electrons. The highest BCUT2D eigenvalue weighted by atomic mass is 35.5. The van der Waals surface area contributed by atoms with Gasteiger partial charge in [-0.25, -0.2) is 9.50 Å². The summed E-state index contributed by atoms with van der Waals surface area (Å²) in [6, 6.07) is 13.2. The molecule has 48 heavy (non-hydrogen) atoms. The molecule has 0 saturated carbocycles. The molecule has 0 spiro atoms. The van der Waals surface area contributed by atoms with Gasteiger partial charge in [-0.3, -0.25) is 19.1 Å². The third-order valence-electron chi connectivity index (χ3n) is 8.31. The van der Waals surface area contributed by atoms with Gasteiger partial charge in [-0.05, 0) is 31.5 Å². The number of aliphatic hydroxyl groups excluding tert-OH is 1. The highest BCUT2D eigenvalue weighted by Gasteiger charge is 2.21. The molecule has 2 atom stereocenters. The van der Waals surface area contributed by atoms with E-state index in [9.17, 15) is 14.7 Å². The minimum absolute atomic E-state index is 0.0876. The van der Waals surface area contributed by atoms with E-state index in [0.717, 1.165) is 12.0 Å². The standard InChI is InChI=1S/C34H36Cl2N8O4/c1-19(45)14-37-17-28-42-44-18-21(13-27(44)34(47)43(28)2)32-31(36)24(11-12-39-32)23-5-4-6-25(30(23)35)26-9-7-20(33(41-26)48-3)15-38-16-22-8-10-29(46)40-22/h4-7,9,11-13,18-19,22,37-38,45H,8,10,14-17H2,1-3H3,(H,40,46)/t19-,22-/m1/s1. The van der Waals surface area contributed by atoms with E-state index in [1.165, 1.54) is 9.08 Å². The highest BCUT2D eigenvalue weighted by Crippen LogP contribution is 2.41. The van der Waals surface area contributed by atoms with Crippen molar-refractivity contribution in [2.24, 2.45) is 7.05 Å². The van der Waals surface area contributed by atoms with E-state index in [-0.39, 0.29) is 17.5 Å². The third kappa shape index (κ3) is 6.94. The second kappa shape index (κ2) is 14.4. The van der Waals surface area contributed by atoms with Crippen LogP contribution in [0.3, 0.4) is 0 Å². The fraction of sp³-hybridized carbons (Fsp3) is 0.324. The number of aliphatic hydroxyl groups is 1. The summed E-state index contributed by atoms with van der Waals surface area (Å²) in [7, 11) is 3.24. The molecule has 0 radical (unpaired) electrons. The van der Waals surface area contributed by atoms with Crippen LogP contribution in [0.2, 0.25) is 10.0 Å². The van der Waals surface area contributed by atoms with Gasteiger partial charge in [0.25, 0.3) is 5.56 Å². The maximum absolute atomic E-state index is 13.2. The van der Waals surface area contributed by atoms with E-state index in [0.29, 0.717) is 93.5 Å². The van der Waals surface area contributed by atoms with Crippen LogP contribution in [0.25, 0.3) is 39.2 Å². The molecule has 1 aromatic carbocycles. The minimum Gasteiger partial charge on any atom is -0.481 e. The number of nitrogens with zero attached hydrogens (tertiary/aromatic N) is 5. The number of hydrogen-bond donors (Lipinski definition) is 4. The fourth-order valence-electron chi connectivity index (χ4n) is 5.78. The molecule has 1 aliphatic rings. The Morgan fingerprint density at radius 1 is 1.08 bits per heavy atom. The zero-order valence-electron chi connectivity index (χ0n) is 26.8. The number of ether oxygens (including phenoxy) is 1. The molecule has 0 aliphatic carbocycles. The molecule has 5 aromatic rings. The zero-order valence-corrected chi connectivity index (χ0v) is 28.3. The predicted molar refractivity (Wildman–Crippen MR) is 185 cm³/mol. The Bertz CT molecular complexity index is 2040. The number of benzene rings is 1. The number of rotatable bonds is 12. The first-order chi connectivity index (χ1) is 23.1. The van der Waals surface area contributed by atoms with Crippen LogP contribution in [0.15, 0.2) is 59.7 Å². The van der Waals surface area contributed by atoms with Crippen molar-refractivity contribution in [2.45, 2.75) is 45.0 Å². The lowest BCUT2D eigenvalue weighted by Gasteiger charge is -2.15. The normalized spacial score (nSPS) is 15.2. The zero-order chi connectivity index (χ0) is 33.9. The molecule has 12 nitrogen and oxygen atoms in total. The molecule has 0 unspecified atom stereocenters. The van der Waals surface area contributed by atoms with E-state index in [1.54, 1.807) is 45.6 Å². The summed E-state index contributed by atoms with van der Waals surface area (Å²) in [5, 5.41) is 24.4. The quantitative estimate of drug-likeness (QED) is 0.153. The minimum atomic E-state index is -0.523. The van der Waals surface area contributed by atoms with Gasteiger partial charge in [0.05, 0.1) is 41.2 Å². The van der Waals surface area contributed by atoms with Crippen LogP contribution in [0, 0.1) is 0 Å². The van der Waals surface area contributed by atoms with Gasteiger partial charge in [0.1, 0.15) is 11.3 Å². The summed E-state index contributed by atoms with van der Waals surface area (Å²) in [5.74, 6) is 1.08. The molecule has 4 aromatic heterocycles. The van der Waals surface area contributed by atoms with Crippen LogP contribution in [0.5, 0.6) is 5.88 Å². The molecule has 0 bridgehead atoms. The number of carbonyl (C=O) groups is 1. The number of halogens is 2. The predicted octanol–water partition coefficient (Wildman–Crippen LogP) is 3.98. The lowest BCUT2D eigenvalue weighted by Crippen LogP contribution is -2.35. The topological polar surface area (TPSA) is 148 Å². The van der Waals surface area contributed by atoms with Gasteiger partial charge in [0.2, 0.25) is 11.8 Å². The first kappa shape index (κ1) is 33.6. The van der Waals surface area contributed by atoms with E-state index < -0.39 is 6.10 Å². The average molecular weight is 692 g/mol. The van der Waals surface area contributed by atoms with Crippen molar-refractivity contribution in [3.63, 3.8) is 0 Å². The molecule has 1 fully saturated rings. The van der Waals surface area contributed by atoms with Crippen molar-refractivity contribution in [1.82, 2.24) is 40.1 Å². The average Bonchev–Trinajstić information content (AvgIpc) is 3.69. The molecular weight excluding hydrogens is 655 g/mol. The summed E-state index contributed by atoms with van der Waals surface area (Å²) < 4.78 is 8.63. The number of aromatic nitrogens is 5. The number of fused-ring (bicyclic) bond motifs is 1. The second-order valence-corrected chi connectivity index (χ2v) is 12.6. The summed E-state index contributed by atoms with van der Waals surface area (Å²) in [6.45, 7) is 3.56. The largest absolute Gasteiger partial charge is 0.481 e. The molecule has 1 aliphatic heterocycles. The number of amides is 1. The van der Waals surface area contributed by atoms with Crippen LogP contribution in [-0.2, 0) is 24.9 Å². The Hall–Kier alpha value is -4.33. The van der Waals surface area contributed by atoms with E-state index >= 15 is 0 Å². The highest BCUT2D eigenvalue weighted by molar-refractivity contribution is 6.39. The van der Waals surface area contributed by atoms with Crippen LogP contribution >= 0.6 is 23.2 Å². The van der Waals surface area contributed by atoms with Crippen LogP contribution in [-0.4, -0.2) is 67.5 Å². The van der Waals surface area contributed by atoms with Crippen molar-refractivity contribution in [3.8, 4) is 39.5 Å². The smallest absolute Gasteiger partial charge is 0.277 e. The summed E-state index contributed by atoms with van der Waals surface area (Å²) in [6.07, 6.45) is 4.24. The van der Waals surface area contributed by atoms with Gasteiger partial charge in [-0.2, -0.15) is 5.10 Å². The molecule has 6 rings (SSSR count). The third-order valence-corrected chi connectivity index (χ3v) is 9.10. The monoisotopic (exact) mass is 690 g/mol. The van der Waals surface area contributed by atoms with Crippen molar-refractivity contribution in [3.05, 3.63) is 86.6 Å². The van der Waals surface area contributed by atoms with E-state index in [4.69, 9.17) is 32.9 Å². The molecule has 5 heterocycles. The summed E-state index contributed by atoms with van der Waals surface area (Å²) in [4.78, 5) is 34.0. The maximum Gasteiger partial charge on any atom is 0.277 e. The number of pyridine rings is 2. The van der Waals surface area contributed by atoms with Gasteiger partial charge in [0.15, 0.2) is 0 Å².